The third kappa shape index (κ3) is 22.9. The molecule has 1 rings (SSSR count). The van der Waals surface area contributed by atoms with Crippen LogP contribution in [0.2, 0.25) is 0 Å². The number of aryl methyl sites for hydroxylation is 2. The first-order valence-corrected chi connectivity index (χ1v) is 15.4. The smallest absolute Gasteiger partial charge is 0.256 e. The summed E-state index contributed by atoms with van der Waals surface area (Å²) in [6.07, 6.45) is 32.7. The van der Waals surface area contributed by atoms with Crippen LogP contribution in [0.15, 0.2) is 12.4 Å². The molecule has 0 bridgehead atoms. The van der Waals surface area contributed by atoms with E-state index in [1.807, 2.05) is 0 Å². The van der Waals surface area contributed by atoms with Crippen molar-refractivity contribution in [3.05, 3.63) is 18.2 Å². The maximum atomic E-state index is 8.63. The van der Waals surface area contributed by atoms with Gasteiger partial charge in [0.15, 0.2) is 0 Å². The summed E-state index contributed by atoms with van der Waals surface area (Å²) in [5, 5.41) is 0. The Hall–Kier alpha value is -0.920. The van der Waals surface area contributed by atoms with E-state index in [2.05, 4.69) is 42.4 Å². The van der Waals surface area contributed by atoms with Crippen LogP contribution in [0.1, 0.15) is 142 Å². The first-order valence-electron chi connectivity index (χ1n) is 14.0. The highest BCUT2D eigenvalue weighted by molar-refractivity contribution is 7.79. The summed E-state index contributed by atoms with van der Waals surface area (Å²) in [6.45, 7) is 5.81. The fraction of sp³-hybridized carbons (Fsp3) is 0.889. The van der Waals surface area contributed by atoms with E-state index in [4.69, 9.17) is 17.5 Å². The van der Waals surface area contributed by atoms with Crippen molar-refractivity contribution in [2.24, 2.45) is 7.05 Å². The van der Waals surface area contributed by atoms with Gasteiger partial charge in [-0.15, -0.1) is 0 Å². The largest absolute Gasteiger partial charge is 0.726 e. The minimum atomic E-state index is -4.92. The quantitative estimate of drug-likeness (QED) is 0.0826. The molecule has 0 radical (unpaired) electrons. The van der Waals surface area contributed by atoms with Crippen LogP contribution < -0.4 is 4.57 Å². The molecule has 0 aliphatic heterocycles. The van der Waals surface area contributed by atoms with E-state index in [1.165, 1.54) is 141 Å². The van der Waals surface area contributed by atoms with E-state index in [0.717, 1.165) is 0 Å². The Morgan fingerprint density at radius 3 is 1.50 bits per heavy atom. The summed E-state index contributed by atoms with van der Waals surface area (Å²) in [7, 11) is -2.70. The zero-order chi connectivity index (χ0) is 25.5. The van der Waals surface area contributed by atoms with Gasteiger partial charge < -0.3 is 4.55 Å². The first-order chi connectivity index (χ1) is 16.3. The van der Waals surface area contributed by atoms with Gasteiger partial charge in [-0.25, -0.2) is 17.6 Å². The predicted octanol–water partition coefficient (Wildman–Crippen LogP) is 7.31. The topological polar surface area (TPSA) is 86.2 Å². The van der Waals surface area contributed by atoms with Crippen molar-refractivity contribution in [2.75, 3.05) is 0 Å². The van der Waals surface area contributed by atoms with Gasteiger partial charge in [0.25, 0.3) is 5.82 Å². The van der Waals surface area contributed by atoms with Gasteiger partial charge in [0.05, 0.1) is 13.6 Å². The van der Waals surface area contributed by atoms with Crippen molar-refractivity contribution in [1.29, 1.82) is 0 Å². The molecule has 1 aromatic rings. The fourth-order valence-electron chi connectivity index (χ4n) is 4.44. The molecule has 0 fully saturated rings. The Morgan fingerprint density at radius 2 is 1.09 bits per heavy atom. The van der Waals surface area contributed by atoms with Crippen molar-refractivity contribution in [1.82, 2.24) is 4.57 Å². The van der Waals surface area contributed by atoms with Crippen molar-refractivity contribution in [3.8, 4) is 0 Å². The first kappa shape index (κ1) is 33.1. The molecule has 0 saturated carbocycles. The second kappa shape index (κ2) is 22.5. The highest BCUT2D eigenvalue weighted by Gasteiger charge is 2.13. The summed E-state index contributed by atoms with van der Waals surface area (Å²) in [5.41, 5.74) is 0. The second-order valence-electron chi connectivity index (χ2n) is 9.71. The van der Waals surface area contributed by atoms with Gasteiger partial charge in [-0.05, 0) is 19.3 Å². The molecule has 34 heavy (non-hydrogen) atoms. The highest BCUT2D eigenvalue weighted by Crippen LogP contribution is 2.13. The molecule has 6 nitrogen and oxygen atoms in total. The van der Waals surface area contributed by atoms with Crippen LogP contribution in [-0.4, -0.2) is 22.1 Å². The summed E-state index contributed by atoms with van der Waals surface area (Å²) in [5.74, 6) is 1.53. The van der Waals surface area contributed by atoms with Gasteiger partial charge in [0, 0.05) is 6.42 Å². The Labute approximate surface area is 211 Å². The summed E-state index contributed by atoms with van der Waals surface area (Å²) in [4.78, 5) is 0. The molecular formula is C27H54N2O4S. The standard InChI is InChI=1S/C27H53N2.H2O4S/c1-4-6-8-10-12-14-16-18-20-22-24-29-26-25-28(3)27(29)23-21-19-17-15-13-11-9-7-5-2;1-5(2,3)4/h25-26H,4-24H2,1-3H3;(H2,1,2,3,4)/q+1;/p-1. The average molecular weight is 503 g/mol. The molecule has 0 atom stereocenters. The zero-order valence-electron chi connectivity index (χ0n) is 22.5. The van der Waals surface area contributed by atoms with Gasteiger partial charge >= 0.3 is 0 Å². The average Bonchev–Trinajstić information content (AvgIpc) is 3.12. The summed E-state index contributed by atoms with van der Waals surface area (Å²) in [6, 6.07) is 0. The van der Waals surface area contributed by atoms with Crippen LogP contribution in [0.5, 0.6) is 0 Å². The lowest BCUT2D eigenvalue weighted by atomic mass is 10.1. The zero-order valence-corrected chi connectivity index (χ0v) is 23.3. The van der Waals surface area contributed by atoms with Crippen LogP contribution in [-0.2, 0) is 30.4 Å². The third-order valence-electron chi connectivity index (χ3n) is 6.47. The molecule has 7 heteroatoms. The number of nitrogens with zero attached hydrogens (tertiary/aromatic N) is 2. The molecular weight excluding hydrogens is 448 g/mol. The normalized spacial score (nSPS) is 11.4. The van der Waals surface area contributed by atoms with E-state index in [-0.39, 0.29) is 0 Å². The second-order valence-corrected chi connectivity index (χ2v) is 10.6. The maximum Gasteiger partial charge on any atom is 0.256 e. The number of unbranched alkanes of at least 4 members (excludes halogenated alkanes) is 17. The molecule has 0 amide bonds. The van der Waals surface area contributed by atoms with Crippen molar-refractivity contribution >= 4 is 10.4 Å². The number of hydrogen-bond donors (Lipinski definition) is 1. The van der Waals surface area contributed by atoms with Gasteiger partial charge in [-0.1, -0.05) is 117 Å². The summed E-state index contributed by atoms with van der Waals surface area (Å²) >= 11 is 0. The van der Waals surface area contributed by atoms with E-state index >= 15 is 0 Å². The Balaban J connectivity index is 0.00000196. The van der Waals surface area contributed by atoms with Crippen LogP contribution >= 0.6 is 0 Å². The molecule has 1 aromatic heterocycles. The highest BCUT2D eigenvalue weighted by atomic mass is 32.3. The van der Waals surface area contributed by atoms with Crippen molar-refractivity contribution in [2.45, 2.75) is 149 Å². The Morgan fingerprint density at radius 1 is 0.735 bits per heavy atom. The van der Waals surface area contributed by atoms with Crippen LogP contribution in [0.4, 0.5) is 0 Å². The maximum absolute atomic E-state index is 8.63. The van der Waals surface area contributed by atoms with Crippen LogP contribution in [0.3, 0.4) is 0 Å². The Bertz CT molecular complexity index is 666. The third-order valence-corrected chi connectivity index (χ3v) is 6.47. The SMILES string of the molecule is CCCCCCCCCCCCn1cc[n+](C)c1CCCCCCCCCCC.O=S(=O)([O-])O. The van der Waals surface area contributed by atoms with Crippen molar-refractivity contribution in [3.63, 3.8) is 0 Å². The number of aromatic nitrogens is 2. The molecule has 202 valence electrons. The van der Waals surface area contributed by atoms with Crippen LogP contribution in [0, 0.1) is 0 Å². The fourth-order valence-corrected chi connectivity index (χ4v) is 4.44. The molecule has 1 N–H and O–H groups in total. The van der Waals surface area contributed by atoms with Crippen molar-refractivity contribution < 1.29 is 22.1 Å². The lowest BCUT2D eigenvalue weighted by molar-refractivity contribution is -0.678. The van der Waals surface area contributed by atoms with Gasteiger partial charge in [0.2, 0.25) is 10.4 Å². The van der Waals surface area contributed by atoms with Gasteiger partial charge in [-0.2, -0.15) is 0 Å². The lowest BCUT2D eigenvalue weighted by Crippen LogP contribution is -2.32. The van der Waals surface area contributed by atoms with E-state index in [1.54, 1.807) is 0 Å². The van der Waals surface area contributed by atoms with E-state index in [0.29, 0.717) is 0 Å². The number of rotatable bonds is 21. The molecule has 0 aromatic carbocycles. The monoisotopic (exact) mass is 502 g/mol. The van der Waals surface area contributed by atoms with E-state index in [9.17, 15) is 0 Å². The van der Waals surface area contributed by atoms with Gasteiger partial charge in [0.1, 0.15) is 12.4 Å². The predicted molar refractivity (Wildman–Crippen MR) is 141 cm³/mol. The number of hydrogen-bond acceptors (Lipinski definition) is 3. The van der Waals surface area contributed by atoms with Gasteiger partial charge in [-0.3, -0.25) is 4.55 Å². The minimum Gasteiger partial charge on any atom is -0.726 e. The number of imidazole rings is 1. The van der Waals surface area contributed by atoms with Crippen LogP contribution in [0.25, 0.3) is 0 Å². The molecule has 0 aliphatic carbocycles. The molecule has 0 unspecified atom stereocenters. The molecule has 0 saturated heterocycles. The Kier molecular flexibility index (Phi) is 21.9. The molecule has 0 spiro atoms. The molecule has 0 aliphatic rings. The van der Waals surface area contributed by atoms with E-state index < -0.39 is 10.4 Å². The molecule has 1 heterocycles. The lowest BCUT2D eigenvalue weighted by Gasteiger charge is -2.05. The summed E-state index contributed by atoms with van der Waals surface area (Å²) < 4.78 is 37.7. The minimum absolute atomic E-state index is 1.21.